The van der Waals surface area contributed by atoms with Gasteiger partial charge in [0, 0.05) is 23.1 Å². The van der Waals surface area contributed by atoms with E-state index in [2.05, 4.69) is 10.5 Å². The molecule has 5 nitrogen and oxygen atoms in total. The molecule has 0 bridgehead atoms. The standard InChI is InChI=1S/C16H14N2O3/c1-9-12-5-4-11(8-14(12)21-18-9)17-16(19)13-6-7-20-15(13)10-2-3-10/h4-8,10H,2-3H2,1H3,(H,17,19). The zero-order valence-corrected chi connectivity index (χ0v) is 11.6. The molecule has 21 heavy (non-hydrogen) atoms. The molecule has 0 saturated heterocycles. The van der Waals surface area contributed by atoms with Crippen LogP contribution in [0.2, 0.25) is 0 Å². The first-order valence-corrected chi connectivity index (χ1v) is 6.97. The molecule has 0 spiro atoms. The Hall–Kier alpha value is -2.56. The highest BCUT2D eigenvalue weighted by Gasteiger charge is 2.31. The minimum Gasteiger partial charge on any atom is -0.468 e. The molecule has 1 aliphatic carbocycles. The molecule has 4 rings (SSSR count). The molecule has 0 radical (unpaired) electrons. The normalized spacial score (nSPS) is 14.5. The summed E-state index contributed by atoms with van der Waals surface area (Å²) in [5, 5.41) is 7.74. The van der Waals surface area contributed by atoms with Gasteiger partial charge in [-0.3, -0.25) is 4.79 Å². The number of nitrogens with one attached hydrogen (secondary N) is 1. The van der Waals surface area contributed by atoms with Gasteiger partial charge in [0.2, 0.25) is 0 Å². The van der Waals surface area contributed by atoms with Crippen LogP contribution in [0.15, 0.2) is 39.5 Å². The van der Waals surface area contributed by atoms with Crippen molar-refractivity contribution in [3.63, 3.8) is 0 Å². The van der Waals surface area contributed by atoms with Crippen LogP contribution in [0.25, 0.3) is 11.0 Å². The molecule has 5 heteroatoms. The third-order valence-corrected chi connectivity index (χ3v) is 3.80. The van der Waals surface area contributed by atoms with Gasteiger partial charge in [-0.2, -0.15) is 0 Å². The second-order valence-corrected chi connectivity index (χ2v) is 5.41. The third-order valence-electron chi connectivity index (χ3n) is 3.80. The Morgan fingerprint density at radius 3 is 3.00 bits per heavy atom. The lowest BCUT2D eigenvalue weighted by atomic mass is 10.1. The summed E-state index contributed by atoms with van der Waals surface area (Å²) in [6, 6.07) is 7.25. The summed E-state index contributed by atoms with van der Waals surface area (Å²) in [7, 11) is 0. The maximum atomic E-state index is 12.4. The Labute approximate surface area is 120 Å². The van der Waals surface area contributed by atoms with Crippen molar-refractivity contribution in [2.45, 2.75) is 25.7 Å². The number of hydrogen-bond donors (Lipinski definition) is 1. The zero-order valence-electron chi connectivity index (χ0n) is 11.6. The highest BCUT2D eigenvalue weighted by atomic mass is 16.5. The van der Waals surface area contributed by atoms with Crippen LogP contribution in [0.1, 0.15) is 40.6 Å². The van der Waals surface area contributed by atoms with Crippen molar-refractivity contribution >= 4 is 22.6 Å². The summed E-state index contributed by atoms with van der Waals surface area (Å²) in [5.74, 6) is 1.05. The van der Waals surface area contributed by atoms with E-state index in [1.165, 1.54) is 0 Å². The van der Waals surface area contributed by atoms with Crippen LogP contribution < -0.4 is 5.32 Å². The van der Waals surface area contributed by atoms with Gasteiger partial charge in [0.25, 0.3) is 5.91 Å². The highest BCUT2D eigenvalue weighted by molar-refractivity contribution is 6.05. The molecular weight excluding hydrogens is 268 g/mol. The Balaban J connectivity index is 1.61. The third kappa shape index (κ3) is 2.11. The predicted molar refractivity (Wildman–Crippen MR) is 77.4 cm³/mol. The minimum absolute atomic E-state index is 0.152. The SMILES string of the molecule is Cc1noc2cc(NC(=O)c3ccoc3C3CC3)ccc12. The van der Waals surface area contributed by atoms with Crippen LogP contribution in [0.5, 0.6) is 0 Å². The average Bonchev–Trinajstić information content (AvgIpc) is 3.09. The van der Waals surface area contributed by atoms with Gasteiger partial charge in [0.15, 0.2) is 5.58 Å². The van der Waals surface area contributed by atoms with Gasteiger partial charge >= 0.3 is 0 Å². The smallest absolute Gasteiger partial charge is 0.259 e. The van der Waals surface area contributed by atoms with E-state index < -0.39 is 0 Å². The van der Waals surface area contributed by atoms with Gasteiger partial charge in [0.1, 0.15) is 5.76 Å². The van der Waals surface area contributed by atoms with Crippen molar-refractivity contribution in [2.24, 2.45) is 0 Å². The molecule has 1 aliphatic rings. The summed E-state index contributed by atoms with van der Waals surface area (Å²) in [5.41, 5.74) is 2.81. The zero-order chi connectivity index (χ0) is 14.4. The Bertz CT molecular complexity index is 827. The van der Waals surface area contributed by atoms with Crippen LogP contribution >= 0.6 is 0 Å². The Kier molecular flexibility index (Phi) is 2.60. The molecule has 2 aromatic heterocycles. The lowest BCUT2D eigenvalue weighted by Crippen LogP contribution is -2.12. The molecule has 2 heterocycles. The molecule has 0 aliphatic heterocycles. The number of hydrogen-bond acceptors (Lipinski definition) is 4. The Morgan fingerprint density at radius 2 is 2.19 bits per heavy atom. The number of aryl methyl sites for hydroxylation is 1. The molecule has 3 aromatic rings. The van der Waals surface area contributed by atoms with Crippen molar-refractivity contribution in [2.75, 3.05) is 5.32 Å². The number of rotatable bonds is 3. The maximum Gasteiger partial charge on any atom is 0.259 e. The molecular formula is C16H14N2O3. The number of amides is 1. The summed E-state index contributed by atoms with van der Waals surface area (Å²) in [6.45, 7) is 1.89. The van der Waals surface area contributed by atoms with E-state index in [1.54, 1.807) is 18.4 Å². The molecule has 0 unspecified atom stereocenters. The summed E-state index contributed by atoms with van der Waals surface area (Å²) < 4.78 is 10.6. The van der Waals surface area contributed by atoms with Gasteiger partial charge in [-0.15, -0.1) is 0 Å². The molecule has 1 saturated carbocycles. The number of fused-ring (bicyclic) bond motifs is 1. The van der Waals surface area contributed by atoms with Gasteiger partial charge in [-0.1, -0.05) is 5.16 Å². The fourth-order valence-electron chi connectivity index (χ4n) is 2.51. The van der Waals surface area contributed by atoms with Gasteiger partial charge < -0.3 is 14.3 Å². The van der Waals surface area contributed by atoms with Crippen LogP contribution in [0.3, 0.4) is 0 Å². The maximum absolute atomic E-state index is 12.4. The molecule has 1 N–H and O–H groups in total. The minimum atomic E-state index is -0.152. The quantitative estimate of drug-likeness (QED) is 0.792. The number of anilines is 1. The van der Waals surface area contributed by atoms with Gasteiger partial charge in [0.05, 0.1) is 17.5 Å². The fraction of sp³-hybridized carbons (Fsp3) is 0.250. The van der Waals surface area contributed by atoms with E-state index >= 15 is 0 Å². The van der Waals surface area contributed by atoms with Gasteiger partial charge in [-0.25, -0.2) is 0 Å². The van der Waals surface area contributed by atoms with E-state index in [4.69, 9.17) is 8.94 Å². The molecule has 0 atom stereocenters. The largest absolute Gasteiger partial charge is 0.468 e. The van der Waals surface area contributed by atoms with Crippen molar-refractivity contribution in [1.82, 2.24) is 5.16 Å². The van der Waals surface area contributed by atoms with Crippen LogP contribution in [0, 0.1) is 6.92 Å². The lowest BCUT2D eigenvalue weighted by Gasteiger charge is -2.05. The van der Waals surface area contributed by atoms with Crippen molar-refractivity contribution in [3.8, 4) is 0 Å². The first-order valence-electron chi connectivity index (χ1n) is 6.97. The van der Waals surface area contributed by atoms with Crippen molar-refractivity contribution in [1.29, 1.82) is 0 Å². The highest BCUT2D eigenvalue weighted by Crippen LogP contribution is 2.42. The number of carbonyl (C=O) groups excluding carboxylic acids is 1. The van der Waals surface area contributed by atoms with E-state index in [1.807, 2.05) is 19.1 Å². The lowest BCUT2D eigenvalue weighted by molar-refractivity contribution is 0.102. The molecule has 106 valence electrons. The number of carbonyl (C=O) groups is 1. The first-order chi connectivity index (χ1) is 10.2. The topological polar surface area (TPSA) is 68.3 Å². The molecule has 1 fully saturated rings. The van der Waals surface area contributed by atoms with E-state index in [0.29, 0.717) is 22.8 Å². The summed E-state index contributed by atoms with van der Waals surface area (Å²) >= 11 is 0. The number of aromatic nitrogens is 1. The molecule has 1 aromatic carbocycles. The summed E-state index contributed by atoms with van der Waals surface area (Å²) in [4.78, 5) is 12.4. The fourth-order valence-corrected chi connectivity index (χ4v) is 2.51. The van der Waals surface area contributed by atoms with E-state index in [-0.39, 0.29) is 5.91 Å². The number of nitrogens with zero attached hydrogens (tertiary/aromatic N) is 1. The van der Waals surface area contributed by atoms with Crippen molar-refractivity contribution in [3.05, 3.63) is 47.5 Å². The van der Waals surface area contributed by atoms with Crippen LogP contribution in [-0.4, -0.2) is 11.1 Å². The second kappa shape index (κ2) is 4.48. The number of benzene rings is 1. The summed E-state index contributed by atoms with van der Waals surface area (Å²) in [6.07, 6.45) is 3.76. The van der Waals surface area contributed by atoms with E-state index in [9.17, 15) is 4.79 Å². The monoisotopic (exact) mass is 282 g/mol. The van der Waals surface area contributed by atoms with Crippen molar-refractivity contribution < 1.29 is 13.7 Å². The first kappa shape index (κ1) is 12.2. The molecule has 1 amide bonds. The second-order valence-electron chi connectivity index (χ2n) is 5.41. The van der Waals surface area contributed by atoms with Gasteiger partial charge in [-0.05, 0) is 38.0 Å². The van der Waals surface area contributed by atoms with E-state index in [0.717, 1.165) is 29.7 Å². The van der Waals surface area contributed by atoms with Crippen LogP contribution in [0.4, 0.5) is 5.69 Å². The van der Waals surface area contributed by atoms with Crippen LogP contribution in [-0.2, 0) is 0 Å². The number of furan rings is 1. The Morgan fingerprint density at radius 1 is 1.33 bits per heavy atom. The predicted octanol–water partition coefficient (Wildman–Crippen LogP) is 3.86. The average molecular weight is 282 g/mol.